The van der Waals surface area contributed by atoms with Gasteiger partial charge in [-0.1, -0.05) is 13.8 Å². The summed E-state index contributed by atoms with van der Waals surface area (Å²) in [5.41, 5.74) is 1.09. The first kappa shape index (κ1) is 15.8. The summed E-state index contributed by atoms with van der Waals surface area (Å²) in [6.07, 6.45) is 3.75. The Kier molecular flexibility index (Phi) is 4.37. The number of piperazine rings is 1. The molecule has 0 bridgehead atoms. The van der Waals surface area contributed by atoms with Crippen LogP contribution in [-0.2, 0) is 6.42 Å². The van der Waals surface area contributed by atoms with Gasteiger partial charge < -0.3 is 9.80 Å². The Hall–Kier alpha value is -1.73. The van der Waals surface area contributed by atoms with Crippen molar-refractivity contribution in [2.75, 3.05) is 50.7 Å². The predicted molar refractivity (Wildman–Crippen MR) is 94.5 cm³/mol. The van der Waals surface area contributed by atoms with Crippen LogP contribution in [0.4, 0.5) is 5.82 Å². The number of aryl methyl sites for hydroxylation is 1. The highest BCUT2D eigenvalue weighted by atomic mass is 15.4. The molecule has 2 aliphatic rings. The molecular formula is C17H27N7. The first-order chi connectivity index (χ1) is 11.8. The fraction of sp³-hybridized carbons (Fsp3) is 0.706. The molecule has 0 N–H and O–H groups in total. The Labute approximate surface area is 143 Å². The largest absolute Gasteiger partial charge is 0.355 e. The zero-order valence-electron chi connectivity index (χ0n) is 14.7. The summed E-state index contributed by atoms with van der Waals surface area (Å²) in [5.74, 6) is 1.86. The van der Waals surface area contributed by atoms with Crippen LogP contribution >= 0.6 is 0 Å². The molecule has 2 aliphatic heterocycles. The topological polar surface area (TPSA) is 52.8 Å². The van der Waals surface area contributed by atoms with E-state index >= 15 is 0 Å². The molecule has 130 valence electrons. The highest BCUT2D eigenvalue weighted by Crippen LogP contribution is 2.24. The van der Waals surface area contributed by atoms with Crippen LogP contribution in [0.25, 0.3) is 5.78 Å². The number of nitrogens with zero attached hydrogens (tertiary/aromatic N) is 7. The number of aromatic nitrogens is 4. The average Bonchev–Trinajstić information content (AvgIpc) is 3.30. The van der Waals surface area contributed by atoms with Crippen LogP contribution in [0.15, 0.2) is 12.4 Å². The highest BCUT2D eigenvalue weighted by molar-refractivity contribution is 5.48. The summed E-state index contributed by atoms with van der Waals surface area (Å²) in [4.78, 5) is 16.5. The van der Waals surface area contributed by atoms with Gasteiger partial charge in [0.25, 0.3) is 5.78 Å². The lowest BCUT2D eigenvalue weighted by Crippen LogP contribution is -2.50. The van der Waals surface area contributed by atoms with Gasteiger partial charge in [0.1, 0.15) is 12.1 Å². The van der Waals surface area contributed by atoms with E-state index in [1.807, 2.05) is 4.52 Å². The molecule has 2 aromatic rings. The van der Waals surface area contributed by atoms with E-state index in [0.717, 1.165) is 31.0 Å². The highest BCUT2D eigenvalue weighted by Gasteiger charge is 2.31. The first-order valence-electron chi connectivity index (χ1n) is 9.19. The van der Waals surface area contributed by atoms with Crippen LogP contribution in [0.3, 0.4) is 0 Å². The molecule has 1 atom stereocenters. The minimum absolute atomic E-state index is 0.654. The normalized spacial score (nSPS) is 23.4. The van der Waals surface area contributed by atoms with Gasteiger partial charge in [0.15, 0.2) is 0 Å². The summed E-state index contributed by atoms with van der Waals surface area (Å²) in [7, 11) is 0. The quantitative estimate of drug-likeness (QED) is 0.831. The van der Waals surface area contributed by atoms with Gasteiger partial charge in [0.05, 0.1) is 0 Å². The smallest absolute Gasteiger partial charge is 0.254 e. The molecule has 2 fully saturated rings. The molecule has 0 amide bonds. The summed E-state index contributed by atoms with van der Waals surface area (Å²) < 4.78 is 1.89. The van der Waals surface area contributed by atoms with Crippen LogP contribution in [0.5, 0.6) is 0 Å². The monoisotopic (exact) mass is 329 g/mol. The Balaban J connectivity index is 1.50. The molecule has 2 saturated heterocycles. The summed E-state index contributed by atoms with van der Waals surface area (Å²) >= 11 is 0. The fourth-order valence-electron chi connectivity index (χ4n) is 3.94. The number of likely N-dealkylation sites (N-methyl/N-ethyl adjacent to an activating group) is 1. The second-order valence-electron chi connectivity index (χ2n) is 6.79. The Morgan fingerprint density at radius 2 is 1.96 bits per heavy atom. The average molecular weight is 329 g/mol. The van der Waals surface area contributed by atoms with Crippen LogP contribution in [0.2, 0.25) is 0 Å². The molecule has 0 saturated carbocycles. The van der Waals surface area contributed by atoms with E-state index in [0.29, 0.717) is 11.8 Å². The maximum atomic E-state index is 4.56. The van der Waals surface area contributed by atoms with Crippen molar-refractivity contribution in [2.45, 2.75) is 32.7 Å². The lowest BCUT2D eigenvalue weighted by atomic mass is 10.2. The van der Waals surface area contributed by atoms with E-state index in [4.69, 9.17) is 0 Å². The number of anilines is 1. The Bertz CT molecular complexity index is 689. The van der Waals surface area contributed by atoms with Gasteiger partial charge in [0, 0.05) is 57.1 Å². The van der Waals surface area contributed by atoms with E-state index in [1.165, 1.54) is 39.1 Å². The molecule has 0 aliphatic carbocycles. The molecule has 1 unspecified atom stereocenters. The van der Waals surface area contributed by atoms with Gasteiger partial charge >= 0.3 is 0 Å². The van der Waals surface area contributed by atoms with Crippen LogP contribution in [0, 0.1) is 0 Å². The molecule has 2 aromatic heterocycles. The van der Waals surface area contributed by atoms with E-state index in [2.05, 4.69) is 49.7 Å². The van der Waals surface area contributed by atoms with Gasteiger partial charge in [-0.25, -0.2) is 4.98 Å². The molecule has 0 aromatic carbocycles. The maximum Gasteiger partial charge on any atom is 0.254 e. The minimum atomic E-state index is 0.654. The molecule has 24 heavy (non-hydrogen) atoms. The van der Waals surface area contributed by atoms with Crippen LogP contribution < -0.4 is 4.90 Å². The minimum Gasteiger partial charge on any atom is -0.355 e. The van der Waals surface area contributed by atoms with E-state index in [-0.39, 0.29) is 0 Å². The van der Waals surface area contributed by atoms with Crippen molar-refractivity contribution in [1.82, 2.24) is 29.4 Å². The van der Waals surface area contributed by atoms with Crippen molar-refractivity contribution in [3.63, 3.8) is 0 Å². The maximum absolute atomic E-state index is 4.56. The number of fused-ring (bicyclic) bond motifs is 1. The fourth-order valence-corrected chi connectivity index (χ4v) is 3.94. The molecule has 0 radical (unpaired) electrons. The van der Waals surface area contributed by atoms with E-state index in [1.54, 1.807) is 6.33 Å². The summed E-state index contributed by atoms with van der Waals surface area (Å²) in [5, 5.41) is 4.38. The Morgan fingerprint density at radius 3 is 2.71 bits per heavy atom. The second-order valence-corrected chi connectivity index (χ2v) is 6.79. The zero-order chi connectivity index (χ0) is 16.5. The van der Waals surface area contributed by atoms with Gasteiger partial charge in [0.2, 0.25) is 0 Å². The standard InChI is InChI=1S/C17H27N7/c1-3-14-11-16(24-17(20-14)18-13-19-24)23-6-5-15(12-23)22-9-7-21(4-2)8-10-22/h11,13,15H,3-10,12H2,1-2H3. The van der Waals surface area contributed by atoms with E-state index < -0.39 is 0 Å². The number of rotatable bonds is 4. The summed E-state index contributed by atoms with van der Waals surface area (Å²) in [6.45, 7) is 12.5. The third-order valence-electron chi connectivity index (χ3n) is 5.51. The molecular weight excluding hydrogens is 302 g/mol. The molecule has 0 spiro atoms. The van der Waals surface area contributed by atoms with E-state index in [9.17, 15) is 0 Å². The SMILES string of the molecule is CCc1cc(N2CCC(N3CCN(CC)CC3)C2)n2ncnc2n1. The molecule has 7 nitrogen and oxygen atoms in total. The third kappa shape index (κ3) is 2.86. The predicted octanol–water partition coefficient (Wildman–Crippen LogP) is 0.903. The van der Waals surface area contributed by atoms with Gasteiger partial charge in [-0.2, -0.15) is 14.6 Å². The van der Waals surface area contributed by atoms with Crippen LogP contribution in [0.1, 0.15) is 26.0 Å². The third-order valence-corrected chi connectivity index (χ3v) is 5.51. The van der Waals surface area contributed by atoms with Crippen molar-refractivity contribution in [3.8, 4) is 0 Å². The molecule has 4 rings (SSSR count). The lowest BCUT2D eigenvalue weighted by Gasteiger charge is -2.37. The van der Waals surface area contributed by atoms with Crippen molar-refractivity contribution >= 4 is 11.6 Å². The second kappa shape index (κ2) is 6.64. The van der Waals surface area contributed by atoms with Crippen molar-refractivity contribution < 1.29 is 0 Å². The first-order valence-corrected chi connectivity index (χ1v) is 9.19. The summed E-state index contributed by atoms with van der Waals surface area (Å²) in [6, 6.07) is 2.83. The van der Waals surface area contributed by atoms with Gasteiger partial charge in [-0.05, 0) is 19.4 Å². The zero-order valence-corrected chi connectivity index (χ0v) is 14.7. The number of hydrogen-bond acceptors (Lipinski definition) is 6. The van der Waals surface area contributed by atoms with Crippen molar-refractivity contribution in [2.24, 2.45) is 0 Å². The van der Waals surface area contributed by atoms with Crippen LogP contribution in [-0.4, -0.2) is 81.2 Å². The van der Waals surface area contributed by atoms with Gasteiger partial charge in [-0.3, -0.25) is 4.90 Å². The van der Waals surface area contributed by atoms with Gasteiger partial charge in [-0.15, -0.1) is 0 Å². The Morgan fingerprint density at radius 1 is 1.12 bits per heavy atom. The van der Waals surface area contributed by atoms with Crippen molar-refractivity contribution in [3.05, 3.63) is 18.1 Å². The van der Waals surface area contributed by atoms with Crippen molar-refractivity contribution in [1.29, 1.82) is 0 Å². The molecule has 7 heteroatoms. The lowest BCUT2D eigenvalue weighted by molar-refractivity contribution is 0.107. The number of hydrogen-bond donors (Lipinski definition) is 0. The molecule has 4 heterocycles.